The number of nitro benzene ring substituents is 1. The van der Waals surface area contributed by atoms with Crippen molar-refractivity contribution in [2.75, 3.05) is 26.2 Å². The second-order valence-electron chi connectivity index (χ2n) is 7.81. The molecule has 1 aliphatic heterocycles. The van der Waals surface area contributed by atoms with Gasteiger partial charge in [-0.3, -0.25) is 14.9 Å². The summed E-state index contributed by atoms with van der Waals surface area (Å²) >= 11 is 0. The molecule has 170 valence electrons. The van der Waals surface area contributed by atoms with Gasteiger partial charge in [0.25, 0.3) is 5.69 Å². The fourth-order valence-corrected chi connectivity index (χ4v) is 3.56. The maximum Gasteiger partial charge on any atom is 0.269 e. The van der Waals surface area contributed by atoms with E-state index in [0.29, 0.717) is 31.6 Å². The van der Waals surface area contributed by atoms with Gasteiger partial charge in [-0.25, -0.2) is 5.43 Å². The number of likely N-dealkylation sites (tertiary alicyclic amines) is 1. The highest BCUT2D eigenvalue weighted by Crippen LogP contribution is 2.18. The highest BCUT2D eigenvalue weighted by molar-refractivity contribution is 5.83. The number of carbonyl (C=O) groups is 1. The Bertz CT molecular complexity index is 896. The average molecular weight is 441 g/mol. The van der Waals surface area contributed by atoms with Gasteiger partial charge in [-0.2, -0.15) is 5.10 Å². The molecule has 1 atom stereocenters. The van der Waals surface area contributed by atoms with Gasteiger partial charge in [-0.05, 0) is 49.2 Å². The number of carbonyl (C=O) groups excluding carboxylic acids is 1. The fourth-order valence-electron chi connectivity index (χ4n) is 3.56. The molecule has 0 aliphatic carbocycles. The summed E-state index contributed by atoms with van der Waals surface area (Å²) in [5.41, 5.74) is 4.28. The third-order valence-corrected chi connectivity index (χ3v) is 5.34. The summed E-state index contributed by atoms with van der Waals surface area (Å²) in [6, 6.07) is 15.7. The van der Waals surface area contributed by atoms with Crippen LogP contribution in [0.15, 0.2) is 59.7 Å². The Morgan fingerprint density at radius 3 is 2.56 bits per heavy atom. The number of benzene rings is 2. The van der Waals surface area contributed by atoms with E-state index in [9.17, 15) is 20.0 Å². The molecular weight excluding hydrogens is 412 g/mol. The zero-order valence-corrected chi connectivity index (χ0v) is 17.8. The lowest BCUT2D eigenvalue weighted by Gasteiger charge is -2.32. The number of piperidine rings is 1. The molecule has 0 bridgehead atoms. The Morgan fingerprint density at radius 1 is 1.22 bits per heavy atom. The molecule has 9 nitrogen and oxygen atoms in total. The van der Waals surface area contributed by atoms with Crippen molar-refractivity contribution in [1.29, 1.82) is 0 Å². The summed E-state index contributed by atoms with van der Waals surface area (Å²) in [6.07, 6.45) is 2.27. The van der Waals surface area contributed by atoms with Gasteiger partial charge in [0.05, 0.1) is 30.5 Å². The van der Waals surface area contributed by atoms with Crippen molar-refractivity contribution < 1.29 is 19.6 Å². The van der Waals surface area contributed by atoms with Crippen LogP contribution >= 0.6 is 0 Å². The Labute approximate surface area is 186 Å². The lowest BCUT2D eigenvalue weighted by molar-refractivity contribution is -0.384. The molecule has 0 spiro atoms. The van der Waals surface area contributed by atoms with Crippen LogP contribution in [-0.2, 0) is 16.1 Å². The van der Waals surface area contributed by atoms with E-state index in [1.54, 1.807) is 12.1 Å². The van der Waals surface area contributed by atoms with Gasteiger partial charge in [-0.15, -0.1) is 0 Å². The molecule has 2 aromatic rings. The molecule has 1 heterocycles. The number of hydrogen-bond donors (Lipinski definition) is 2. The first kappa shape index (κ1) is 23.5. The van der Waals surface area contributed by atoms with E-state index in [0.717, 1.165) is 18.7 Å². The molecule has 1 saturated heterocycles. The molecule has 0 radical (unpaired) electrons. The van der Waals surface area contributed by atoms with E-state index in [2.05, 4.69) is 15.4 Å². The summed E-state index contributed by atoms with van der Waals surface area (Å²) < 4.78 is 5.59. The smallest absolute Gasteiger partial charge is 0.269 e. The van der Waals surface area contributed by atoms with Gasteiger partial charge in [0.1, 0.15) is 0 Å². The van der Waals surface area contributed by atoms with E-state index < -0.39 is 11.0 Å². The molecule has 1 fully saturated rings. The van der Waals surface area contributed by atoms with Gasteiger partial charge < -0.3 is 14.7 Å². The van der Waals surface area contributed by atoms with Crippen molar-refractivity contribution in [2.24, 2.45) is 11.0 Å². The Hall–Kier alpha value is -3.14. The third kappa shape index (κ3) is 7.52. The van der Waals surface area contributed by atoms with Crippen LogP contribution in [0.1, 0.15) is 24.0 Å². The molecule has 0 aromatic heterocycles. The molecule has 1 aliphatic rings. The summed E-state index contributed by atoms with van der Waals surface area (Å²) in [5, 5.41) is 24.8. The van der Waals surface area contributed by atoms with Gasteiger partial charge in [0.2, 0.25) is 5.91 Å². The number of amides is 1. The van der Waals surface area contributed by atoms with Crippen LogP contribution in [0.25, 0.3) is 0 Å². The molecule has 1 amide bonds. The number of aliphatic hydroxyl groups excluding tert-OH is 1. The van der Waals surface area contributed by atoms with Crippen LogP contribution in [0, 0.1) is 16.0 Å². The highest BCUT2D eigenvalue weighted by Gasteiger charge is 2.25. The number of hydrogen-bond acceptors (Lipinski definition) is 7. The van der Waals surface area contributed by atoms with E-state index in [-0.39, 0.29) is 24.1 Å². The minimum Gasteiger partial charge on any atom is -0.389 e. The number of nitrogens with zero attached hydrogens (tertiary/aromatic N) is 3. The number of hydrazone groups is 1. The molecule has 3 rings (SSSR count). The second kappa shape index (κ2) is 12.0. The normalized spacial score (nSPS) is 16.2. The summed E-state index contributed by atoms with van der Waals surface area (Å²) in [7, 11) is 0. The van der Waals surface area contributed by atoms with Crippen LogP contribution in [0.4, 0.5) is 5.69 Å². The molecule has 1 unspecified atom stereocenters. The first-order valence-corrected chi connectivity index (χ1v) is 10.6. The Kier molecular flexibility index (Phi) is 8.85. The summed E-state index contributed by atoms with van der Waals surface area (Å²) in [5.74, 6) is -0.277. The van der Waals surface area contributed by atoms with Gasteiger partial charge in [-0.1, -0.05) is 30.3 Å². The zero-order valence-electron chi connectivity index (χ0n) is 17.8. The summed E-state index contributed by atoms with van der Waals surface area (Å²) in [4.78, 5) is 24.7. The van der Waals surface area contributed by atoms with Gasteiger partial charge in [0.15, 0.2) is 0 Å². The van der Waals surface area contributed by atoms with E-state index >= 15 is 0 Å². The molecule has 32 heavy (non-hydrogen) atoms. The zero-order chi connectivity index (χ0) is 22.8. The quantitative estimate of drug-likeness (QED) is 0.333. The predicted octanol–water partition coefficient (Wildman–Crippen LogP) is 2.33. The Morgan fingerprint density at radius 2 is 1.91 bits per heavy atom. The van der Waals surface area contributed by atoms with Crippen LogP contribution in [-0.4, -0.2) is 59.4 Å². The number of β-amino-alcohol motifs (C(OH)–C–C–N with tert-alkyl or cyclic N) is 1. The largest absolute Gasteiger partial charge is 0.389 e. The van der Waals surface area contributed by atoms with E-state index in [1.807, 2.05) is 30.3 Å². The second-order valence-corrected chi connectivity index (χ2v) is 7.81. The predicted molar refractivity (Wildman–Crippen MR) is 120 cm³/mol. The first-order chi connectivity index (χ1) is 15.5. The highest BCUT2D eigenvalue weighted by atomic mass is 16.6. The van der Waals surface area contributed by atoms with Crippen molar-refractivity contribution in [2.45, 2.75) is 25.6 Å². The molecular formula is C23H28N4O5. The minimum atomic E-state index is -0.574. The number of ether oxygens (including phenoxy) is 1. The number of nitro groups is 1. The average Bonchev–Trinajstić information content (AvgIpc) is 2.80. The van der Waals surface area contributed by atoms with Crippen molar-refractivity contribution in [1.82, 2.24) is 10.3 Å². The monoisotopic (exact) mass is 440 g/mol. The fraction of sp³-hybridized carbons (Fsp3) is 0.391. The summed E-state index contributed by atoms with van der Waals surface area (Å²) in [6.45, 7) is 2.70. The van der Waals surface area contributed by atoms with E-state index in [1.165, 1.54) is 18.3 Å². The minimum absolute atomic E-state index is 0.00539. The van der Waals surface area contributed by atoms with Crippen LogP contribution in [0.2, 0.25) is 0 Å². The molecule has 9 heteroatoms. The third-order valence-electron chi connectivity index (χ3n) is 5.34. The molecule has 0 saturated carbocycles. The number of non-ortho nitro benzene ring substituents is 1. The number of aliphatic hydroxyl groups is 1. The van der Waals surface area contributed by atoms with E-state index in [4.69, 9.17) is 4.74 Å². The van der Waals surface area contributed by atoms with Crippen LogP contribution in [0.5, 0.6) is 0 Å². The lowest BCUT2D eigenvalue weighted by Crippen LogP contribution is -2.43. The van der Waals surface area contributed by atoms with Crippen molar-refractivity contribution in [3.05, 3.63) is 75.8 Å². The van der Waals surface area contributed by atoms with Crippen LogP contribution < -0.4 is 5.43 Å². The number of rotatable bonds is 10. The topological polar surface area (TPSA) is 117 Å². The van der Waals surface area contributed by atoms with Crippen molar-refractivity contribution in [3.8, 4) is 0 Å². The van der Waals surface area contributed by atoms with Crippen molar-refractivity contribution >= 4 is 17.8 Å². The van der Waals surface area contributed by atoms with Crippen molar-refractivity contribution in [3.63, 3.8) is 0 Å². The molecule has 2 aromatic carbocycles. The maximum atomic E-state index is 12.3. The SMILES string of the molecule is O=C(N/N=C/c1ccc([N+](=O)[O-])cc1)C1CCN(CC(O)COCc2ccccc2)CC1. The lowest BCUT2D eigenvalue weighted by atomic mass is 9.96. The first-order valence-electron chi connectivity index (χ1n) is 10.6. The Balaban J connectivity index is 1.32. The van der Waals surface area contributed by atoms with Crippen LogP contribution in [0.3, 0.4) is 0 Å². The number of nitrogens with one attached hydrogen (secondary N) is 1. The van der Waals surface area contributed by atoms with Gasteiger partial charge in [0, 0.05) is 24.6 Å². The van der Waals surface area contributed by atoms with Gasteiger partial charge >= 0.3 is 0 Å². The molecule has 2 N–H and O–H groups in total. The maximum absolute atomic E-state index is 12.3. The standard InChI is InChI=1S/C23H28N4O5/c28-22(17-32-16-19-4-2-1-3-5-19)15-26-12-10-20(11-13-26)23(29)25-24-14-18-6-8-21(9-7-18)27(30)31/h1-9,14,20,22,28H,10-13,15-17H2,(H,25,29)/b24-14+.